The molecule has 0 bridgehead atoms. The monoisotopic (exact) mass is 362 g/mol. The average molecular weight is 363 g/mol. The van der Waals surface area contributed by atoms with Gasteiger partial charge >= 0.3 is 0 Å². The predicted octanol–water partition coefficient (Wildman–Crippen LogP) is 5.61. The number of hydrogen-bond donors (Lipinski definition) is 0. The first kappa shape index (κ1) is 19.1. The molecule has 0 unspecified atom stereocenters. The molecule has 0 aromatic heterocycles. The van der Waals surface area contributed by atoms with Crippen LogP contribution in [-0.2, 0) is 20.5 Å². The second-order valence-electron chi connectivity index (χ2n) is 9.17. The Morgan fingerprint density at radius 2 is 1.60 bits per heavy atom. The van der Waals surface area contributed by atoms with E-state index in [-0.39, 0.29) is 10.8 Å². The van der Waals surface area contributed by atoms with Gasteiger partial charge in [0, 0.05) is 12.8 Å². The van der Waals surface area contributed by atoms with Crippen molar-refractivity contribution in [2.24, 2.45) is 0 Å². The molecule has 2 aliphatic rings. The Balaban J connectivity index is 1.54. The highest BCUT2D eigenvalue weighted by Crippen LogP contribution is 2.42. The lowest BCUT2D eigenvalue weighted by Crippen LogP contribution is -2.40. The van der Waals surface area contributed by atoms with Crippen molar-refractivity contribution in [2.45, 2.75) is 82.9 Å². The lowest BCUT2D eigenvalue weighted by molar-refractivity contribution is -0.178. The molecule has 4 heteroatoms. The van der Waals surface area contributed by atoms with Gasteiger partial charge in [0.25, 0.3) is 0 Å². The SMILES string of the molecule is CC(C)(C)[Si](C)(C)OCc1ccc(C2CCC3(CC2)OCCO3)cc1. The van der Waals surface area contributed by atoms with Crippen molar-refractivity contribution < 1.29 is 13.9 Å². The number of benzene rings is 1. The molecule has 1 aromatic carbocycles. The average Bonchev–Trinajstić information content (AvgIpc) is 3.01. The van der Waals surface area contributed by atoms with Gasteiger partial charge in [-0.2, -0.15) is 0 Å². The zero-order chi connectivity index (χ0) is 18.1. The van der Waals surface area contributed by atoms with Crippen LogP contribution in [0, 0.1) is 0 Å². The van der Waals surface area contributed by atoms with Crippen LogP contribution in [0.1, 0.15) is 63.5 Å². The molecule has 25 heavy (non-hydrogen) atoms. The van der Waals surface area contributed by atoms with Gasteiger partial charge in [-0.1, -0.05) is 45.0 Å². The van der Waals surface area contributed by atoms with Gasteiger partial charge in [0.2, 0.25) is 0 Å². The maximum atomic E-state index is 6.33. The lowest BCUT2D eigenvalue weighted by atomic mass is 9.81. The fourth-order valence-electron chi connectivity index (χ4n) is 3.54. The summed E-state index contributed by atoms with van der Waals surface area (Å²) in [5.41, 5.74) is 2.73. The van der Waals surface area contributed by atoms with Crippen LogP contribution in [-0.4, -0.2) is 27.3 Å². The van der Waals surface area contributed by atoms with Gasteiger partial charge in [-0.25, -0.2) is 0 Å². The summed E-state index contributed by atoms with van der Waals surface area (Å²) in [5.74, 6) is 0.377. The van der Waals surface area contributed by atoms with E-state index in [0.29, 0.717) is 5.92 Å². The summed E-state index contributed by atoms with van der Waals surface area (Å²) >= 11 is 0. The van der Waals surface area contributed by atoms with Crippen LogP contribution in [0.2, 0.25) is 18.1 Å². The standard InChI is InChI=1S/C21H34O3Si/c1-20(2,3)25(4,5)24-16-17-6-8-18(9-7-17)19-10-12-21(13-11-19)22-14-15-23-21/h6-9,19H,10-16H2,1-5H3. The molecule has 1 aliphatic carbocycles. The minimum absolute atomic E-state index is 0.257. The molecule has 1 heterocycles. The second-order valence-corrected chi connectivity index (χ2v) is 14.0. The molecule has 0 amide bonds. The summed E-state index contributed by atoms with van der Waals surface area (Å²) in [7, 11) is -1.68. The van der Waals surface area contributed by atoms with E-state index in [1.54, 1.807) is 0 Å². The molecule has 3 nitrogen and oxygen atoms in total. The first-order valence-corrected chi connectivity index (χ1v) is 12.6. The van der Waals surface area contributed by atoms with E-state index in [4.69, 9.17) is 13.9 Å². The minimum atomic E-state index is -1.68. The number of ether oxygens (including phenoxy) is 2. The normalized spacial score (nSPS) is 21.8. The Morgan fingerprint density at radius 3 is 2.12 bits per heavy atom. The molecule has 0 N–H and O–H groups in total. The van der Waals surface area contributed by atoms with Gasteiger partial charge in [-0.05, 0) is 48.0 Å². The van der Waals surface area contributed by atoms with Crippen molar-refractivity contribution >= 4 is 8.32 Å². The Morgan fingerprint density at radius 1 is 1.04 bits per heavy atom. The van der Waals surface area contributed by atoms with Gasteiger partial charge in [0.15, 0.2) is 14.1 Å². The molecule has 0 radical (unpaired) electrons. The molecular formula is C21H34O3Si. The topological polar surface area (TPSA) is 27.7 Å². The summed E-state index contributed by atoms with van der Waals surface area (Å²) in [4.78, 5) is 0. The van der Waals surface area contributed by atoms with E-state index in [1.165, 1.54) is 11.1 Å². The molecule has 0 atom stereocenters. The van der Waals surface area contributed by atoms with E-state index in [9.17, 15) is 0 Å². The van der Waals surface area contributed by atoms with Crippen molar-refractivity contribution in [1.82, 2.24) is 0 Å². The summed E-state index contributed by atoms with van der Waals surface area (Å²) in [6.07, 6.45) is 4.35. The predicted molar refractivity (Wildman–Crippen MR) is 104 cm³/mol. The van der Waals surface area contributed by atoms with Crippen LogP contribution in [0.15, 0.2) is 24.3 Å². The fraction of sp³-hybridized carbons (Fsp3) is 0.714. The van der Waals surface area contributed by atoms with Crippen molar-refractivity contribution in [1.29, 1.82) is 0 Å². The maximum Gasteiger partial charge on any atom is 0.192 e. The molecular weight excluding hydrogens is 328 g/mol. The van der Waals surface area contributed by atoms with Crippen molar-refractivity contribution in [2.75, 3.05) is 13.2 Å². The van der Waals surface area contributed by atoms with E-state index >= 15 is 0 Å². The molecule has 1 saturated carbocycles. The Labute approximate surface area is 154 Å². The van der Waals surface area contributed by atoms with Crippen LogP contribution in [0.4, 0.5) is 0 Å². The molecule has 1 spiro atoms. The minimum Gasteiger partial charge on any atom is -0.413 e. The number of rotatable bonds is 4. The molecule has 1 saturated heterocycles. The van der Waals surface area contributed by atoms with Gasteiger partial charge in [-0.15, -0.1) is 0 Å². The summed E-state index contributed by atoms with van der Waals surface area (Å²) in [6.45, 7) is 13.7. The smallest absolute Gasteiger partial charge is 0.192 e. The van der Waals surface area contributed by atoms with E-state index in [2.05, 4.69) is 58.1 Å². The third-order valence-electron chi connectivity index (χ3n) is 6.42. The quantitative estimate of drug-likeness (QED) is 0.652. The van der Waals surface area contributed by atoms with Gasteiger partial charge in [0.1, 0.15) is 0 Å². The highest BCUT2D eigenvalue weighted by Gasteiger charge is 2.40. The van der Waals surface area contributed by atoms with Gasteiger partial charge < -0.3 is 13.9 Å². The second kappa shape index (κ2) is 7.14. The van der Waals surface area contributed by atoms with Crippen LogP contribution in [0.25, 0.3) is 0 Å². The lowest BCUT2D eigenvalue weighted by Gasteiger charge is -2.36. The molecule has 140 valence electrons. The van der Waals surface area contributed by atoms with Crippen LogP contribution >= 0.6 is 0 Å². The van der Waals surface area contributed by atoms with E-state index < -0.39 is 8.32 Å². The third-order valence-corrected chi connectivity index (χ3v) is 10.9. The molecule has 1 aromatic rings. The summed E-state index contributed by atoms with van der Waals surface area (Å²) in [6, 6.07) is 9.08. The van der Waals surface area contributed by atoms with Crippen molar-refractivity contribution in [3.63, 3.8) is 0 Å². The summed E-state index contributed by atoms with van der Waals surface area (Å²) < 4.78 is 18.0. The van der Waals surface area contributed by atoms with E-state index in [0.717, 1.165) is 45.5 Å². The Kier molecular flexibility index (Phi) is 5.46. The van der Waals surface area contributed by atoms with Crippen LogP contribution < -0.4 is 0 Å². The van der Waals surface area contributed by atoms with Crippen molar-refractivity contribution in [3.8, 4) is 0 Å². The first-order chi connectivity index (χ1) is 11.7. The van der Waals surface area contributed by atoms with Crippen molar-refractivity contribution in [3.05, 3.63) is 35.4 Å². The van der Waals surface area contributed by atoms with E-state index in [1.807, 2.05) is 0 Å². The largest absolute Gasteiger partial charge is 0.413 e. The Hall–Kier alpha value is -0.683. The number of hydrogen-bond acceptors (Lipinski definition) is 3. The zero-order valence-corrected chi connectivity index (χ0v) is 17.6. The third kappa shape index (κ3) is 4.36. The fourth-order valence-corrected chi connectivity index (χ4v) is 4.50. The van der Waals surface area contributed by atoms with Gasteiger partial charge in [-0.3, -0.25) is 0 Å². The summed E-state index contributed by atoms with van der Waals surface area (Å²) in [5, 5.41) is 0.259. The molecule has 1 aliphatic heterocycles. The maximum absolute atomic E-state index is 6.33. The molecule has 2 fully saturated rings. The van der Waals surface area contributed by atoms with Crippen LogP contribution in [0.3, 0.4) is 0 Å². The van der Waals surface area contributed by atoms with Gasteiger partial charge in [0.05, 0.1) is 19.8 Å². The first-order valence-electron chi connectivity index (χ1n) is 9.72. The molecule has 3 rings (SSSR count). The van der Waals surface area contributed by atoms with Crippen LogP contribution in [0.5, 0.6) is 0 Å². The Bertz CT molecular complexity index is 558. The zero-order valence-electron chi connectivity index (χ0n) is 16.6. The highest BCUT2D eigenvalue weighted by molar-refractivity contribution is 6.74. The highest BCUT2D eigenvalue weighted by atomic mass is 28.4.